The average Bonchev–Trinajstić information content (AvgIpc) is 3.32. The average molecular weight is 617 g/mol. The van der Waals surface area contributed by atoms with Crippen LogP contribution in [0.5, 0.6) is 0 Å². The summed E-state index contributed by atoms with van der Waals surface area (Å²) in [6, 6.07) is 9.36. The number of aryl methyl sites for hydroxylation is 1. The lowest BCUT2D eigenvalue weighted by molar-refractivity contribution is 0.0513. The van der Waals surface area contributed by atoms with E-state index in [1.54, 1.807) is 19.5 Å². The van der Waals surface area contributed by atoms with Crippen molar-refractivity contribution in [1.29, 1.82) is 0 Å². The number of aromatic nitrogens is 2. The second-order valence-electron chi connectivity index (χ2n) is 9.95. The fourth-order valence-electron chi connectivity index (χ4n) is 4.48. The number of benzene rings is 1. The monoisotopic (exact) mass is 615 g/mol. The van der Waals surface area contributed by atoms with E-state index in [2.05, 4.69) is 26.2 Å². The highest BCUT2D eigenvalue weighted by Gasteiger charge is 2.29. The number of imidazole rings is 1. The van der Waals surface area contributed by atoms with Crippen molar-refractivity contribution >= 4 is 45.3 Å². The van der Waals surface area contributed by atoms with Crippen LogP contribution >= 0.6 is 27.5 Å². The Morgan fingerprint density at radius 3 is 2.56 bits per heavy atom. The van der Waals surface area contributed by atoms with Crippen molar-refractivity contribution in [3.63, 3.8) is 0 Å². The van der Waals surface area contributed by atoms with Crippen molar-refractivity contribution in [3.05, 3.63) is 69.6 Å². The number of esters is 1. The second-order valence-corrected chi connectivity index (χ2v) is 11.1. The molecule has 1 aromatic carbocycles. The Bertz CT molecular complexity index is 1470. The Morgan fingerprint density at radius 1 is 1.13 bits per heavy atom. The molecule has 10 heteroatoms. The third-order valence-corrected chi connectivity index (χ3v) is 7.05. The van der Waals surface area contributed by atoms with Gasteiger partial charge in [-0.15, -0.1) is 0 Å². The highest BCUT2D eigenvalue weighted by molar-refractivity contribution is 9.10. The molecular formula is C29H31BrClN3O5. The van der Waals surface area contributed by atoms with Gasteiger partial charge in [0.15, 0.2) is 10.8 Å². The van der Waals surface area contributed by atoms with E-state index in [0.29, 0.717) is 17.9 Å². The van der Waals surface area contributed by atoms with Gasteiger partial charge in [-0.25, -0.2) is 14.6 Å². The van der Waals surface area contributed by atoms with Crippen LogP contribution < -0.4 is 5.32 Å². The number of carbonyl (C=O) groups is 2. The van der Waals surface area contributed by atoms with Gasteiger partial charge in [0, 0.05) is 27.6 Å². The van der Waals surface area contributed by atoms with Crippen molar-refractivity contribution in [3.8, 4) is 22.3 Å². The molecule has 2 heterocycles. The van der Waals surface area contributed by atoms with E-state index in [-0.39, 0.29) is 24.0 Å². The minimum atomic E-state index is -0.652. The number of nitrogens with zero attached hydrogens (tertiary/aromatic N) is 2. The van der Waals surface area contributed by atoms with E-state index in [9.17, 15) is 9.59 Å². The number of anilines is 1. The molecule has 0 bridgehead atoms. The minimum absolute atomic E-state index is 0.107. The minimum Gasteiger partial charge on any atom is -0.472 e. The summed E-state index contributed by atoms with van der Waals surface area (Å²) >= 11 is 10.3. The molecule has 0 radical (unpaired) electrons. The molecule has 1 N–H and O–H groups in total. The smallest absolute Gasteiger partial charge is 0.412 e. The Labute approximate surface area is 241 Å². The van der Waals surface area contributed by atoms with Gasteiger partial charge in [-0.2, -0.15) is 0 Å². The molecule has 1 aromatic heterocycles. The number of para-hydroxylation sites is 1. The number of rotatable bonds is 8. The largest absolute Gasteiger partial charge is 0.472 e. The fraction of sp³-hybridized carbons (Fsp3) is 0.345. The van der Waals surface area contributed by atoms with Crippen LogP contribution in [0.4, 0.5) is 10.5 Å². The Hall–Kier alpha value is -3.30. The van der Waals surface area contributed by atoms with E-state index < -0.39 is 17.7 Å². The maximum atomic E-state index is 13.0. The predicted molar refractivity (Wildman–Crippen MR) is 155 cm³/mol. The molecule has 2 aliphatic rings. The summed E-state index contributed by atoms with van der Waals surface area (Å²) < 4.78 is 18.9. The zero-order chi connectivity index (χ0) is 28.3. The number of amides is 1. The van der Waals surface area contributed by atoms with Crippen LogP contribution in [0.25, 0.3) is 22.3 Å². The van der Waals surface area contributed by atoms with Gasteiger partial charge >= 0.3 is 12.1 Å². The van der Waals surface area contributed by atoms with Gasteiger partial charge in [-0.1, -0.05) is 36.7 Å². The number of fused-ring (bicyclic) bond motifs is 1. The van der Waals surface area contributed by atoms with Gasteiger partial charge in [-0.05, 0) is 73.3 Å². The van der Waals surface area contributed by atoms with E-state index in [1.165, 1.54) is 0 Å². The molecule has 1 amide bonds. The first kappa shape index (κ1) is 28.7. The maximum absolute atomic E-state index is 13.0. The topological polar surface area (TPSA) is 95.6 Å². The van der Waals surface area contributed by atoms with Gasteiger partial charge in [0.05, 0.1) is 31.4 Å². The van der Waals surface area contributed by atoms with Crippen molar-refractivity contribution in [2.75, 3.05) is 11.9 Å². The zero-order valence-corrected chi connectivity index (χ0v) is 24.9. The third-order valence-electron chi connectivity index (χ3n) is 5.97. The zero-order valence-electron chi connectivity index (χ0n) is 22.6. The van der Waals surface area contributed by atoms with Crippen LogP contribution in [-0.2, 0) is 22.4 Å². The predicted octanol–water partition coefficient (Wildman–Crippen LogP) is 8.19. The van der Waals surface area contributed by atoms with Gasteiger partial charge in [0.2, 0.25) is 0 Å². The molecule has 0 saturated heterocycles. The Kier molecular flexibility index (Phi) is 8.71. The summed E-state index contributed by atoms with van der Waals surface area (Å²) in [5, 5.41) is 3.00. The molecule has 8 nitrogen and oxygen atoms in total. The molecule has 0 unspecified atom stereocenters. The number of carbonyl (C=O) groups excluding carboxylic acids is 2. The van der Waals surface area contributed by atoms with Crippen LogP contribution in [0.3, 0.4) is 0 Å². The quantitative estimate of drug-likeness (QED) is 0.201. The van der Waals surface area contributed by atoms with Crippen molar-refractivity contribution in [2.45, 2.75) is 59.6 Å². The molecule has 0 saturated carbocycles. The SMILES string of the molecule is CCCc1nc(Cl)c(C(=O)OCC)n1Cc1c2ccocc-2c(Br)c1-c1ccccc1NC(=O)OC(C)(C)C. The summed E-state index contributed by atoms with van der Waals surface area (Å²) in [5.74, 6) is 0.151. The molecule has 2 aromatic rings. The van der Waals surface area contributed by atoms with Crippen molar-refractivity contribution in [2.24, 2.45) is 0 Å². The summed E-state index contributed by atoms with van der Waals surface area (Å²) in [4.78, 5) is 30.2. The van der Waals surface area contributed by atoms with Gasteiger partial charge < -0.3 is 18.5 Å². The number of hydrogen-bond acceptors (Lipinski definition) is 6. The highest BCUT2D eigenvalue weighted by Crippen LogP contribution is 2.48. The van der Waals surface area contributed by atoms with Crippen molar-refractivity contribution < 1.29 is 23.5 Å². The number of halogens is 2. The van der Waals surface area contributed by atoms with E-state index >= 15 is 0 Å². The lowest BCUT2D eigenvalue weighted by Gasteiger charge is -2.21. The van der Waals surface area contributed by atoms with Crippen LogP contribution in [0.2, 0.25) is 5.15 Å². The third kappa shape index (κ3) is 6.15. The molecule has 206 valence electrons. The highest BCUT2D eigenvalue weighted by atomic mass is 79.9. The molecule has 1 aliphatic heterocycles. The van der Waals surface area contributed by atoms with Gasteiger partial charge in [0.1, 0.15) is 11.4 Å². The molecule has 0 atom stereocenters. The molecule has 0 fully saturated rings. The van der Waals surface area contributed by atoms with Gasteiger partial charge in [0.25, 0.3) is 0 Å². The second kappa shape index (κ2) is 11.8. The Morgan fingerprint density at radius 2 is 1.87 bits per heavy atom. The number of nitrogens with one attached hydrogen (secondary N) is 1. The van der Waals surface area contributed by atoms with Crippen LogP contribution in [0.15, 0.2) is 51.7 Å². The first-order valence-electron chi connectivity index (χ1n) is 12.7. The molecule has 4 rings (SSSR count). The normalized spacial score (nSPS) is 11.6. The molecule has 0 spiro atoms. The summed E-state index contributed by atoms with van der Waals surface area (Å²) in [6.45, 7) is 9.72. The van der Waals surface area contributed by atoms with Crippen LogP contribution in [0.1, 0.15) is 62.9 Å². The maximum Gasteiger partial charge on any atom is 0.412 e. The Balaban J connectivity index is 1.90. The summed E-state index contributed by atoms with van der Waals surface area (Å²) in [6.07, 6.45) is 4.15. The van der Waals surface area contributed by atoms with E-state index in [1.807, 2.05) is 62.6 Å². The van der Waals surface area contributed by atoms with Crippen LogP contribution in [0, 0.1) is 0 Å². The summed E-state index contributed by atoms with van der Waals surface area (Å²) in [7, 11) is 0. The fourth-order valence-corrected chi connectivity index (χ4v) is 5.51. The first-order valence-corrected chi connectivity index (χ1v) is 13.9. The lowest BCUT2D eigenvalue weighted by atomic mass is 10.0. The molecular weight excluding hydrogens is 586 g/mol. The van der Waals surface area contributed by atoms with E-state index in [0.717, 1.165) is 38.7 Å². The standard InChI is InChI=1S/C29H31BrClN3O5/c1-6-10-22-33-26(31)25(27(35)38-7-2)34(22)15-19-17-13-14-37-16-20(17)24(30)23(19)18-11-8-9-12-21(18)32-28(36)39-29(3,4)5/h8-9,11-14,16H,6-7,10,15H2,1-5H3,(H,32,36). The van der Waals surface area contributed by atoms with Crippen LogP contribution in [-0.4, -0.2) is 33.8 Å². The number of ether oxygens (including phenoxy) is 2. The molecule has 39 heavy (non-hydrogen) atoms. The van der Waals surface area contributed by atoms with E-state index in [4.69, 9.17) is 25.5 Å². The lowest BCUT2D eigenvalue weighted by Crippen LogP contribution is -2.27. The summed E-state index contributed by atoms with van der Waals surface area (Å²) in [5.41, 5.74) is 4.38. The molecule has 1 aliphatic carbocycles. The number of hydrogen-bond donors (Lipinski definition) is 1. The first-order chi connectivity index (χ1) is 18.6. The van der Waals surface area contributed by atoms with Gasteiger partial charge in [-0.3, -0.25) is 5.32 Å². The van der Waals surface area contributed by atoms with Crippen molar-refractivity contribution in [1.82, 2.24) is 9.55 Å².